The molecule has 3 nitrogen and oxygen atoms in total. The maximum absolute atomic E-state index is 10.4. The van der Waals surface area contributed by atoms with Crippen molar-refractivity contribution in [3.8, 4) is 0 Å². The van der Waals surface area contributed by atoms with Crippen LogP contribution in [0, 0.1) is 0 Å². The van der Waals surface area contributed by atoms with E-state index < -0.39 is 0 Å². The summed E-state index contributed by atoms with van der Waals surface area (Å²) in [6.45, 7) is 1.98. The zero-order chi connectivity index (χ0) is 14.5. The zero-order valence-corrected chi connectivity index (χ0v) is 12.2. The van der Waals surface area contributed by atoms with E-state index in [9.17, 15) is 5.11 Å². The van der Waals surface area contributed by atoms with E-state index in [0.717, 1.165) is 37.2 Å². The van der Waals surface area contributed by atoms with Crippen LogP contribution in [0.15, 0.2) is 54.7 Å². The number of benzene rings is 1. The topological polar surface area (TPSA) is 36.4 Å². The lowest BCUT2D eigenvalue weighted by Gasteiger charge is -2.26. The minimum atomic E-state index is -0.375. The van der Waals surface area contributed by atoms with Crippen LogP contribution in [0.3, 0.4) is 0 Å². The predicted octanol–water partition coefficient (Wildman–Crippen LogP) is 3.17. The summed E-state index contributed by atoms with van der Waals surface area (Å²) in [5.74, 6) is 0. The lowest BCUT2D eigenvalue weighted by Crippen LogP contribution is -2.30. The third kappa shape index (κ3) is 3.69. The molecular weight excluding hydrogens is 260 g/mol. The molecule has 1 saturated heterocycles. The van der Waals surface area contributed by atoms with Gasteiger partial charge in [-0.1, -0.05) is 36.4 Å². The molecule has 0 saturated carbocycles. The second kappa shape index (κ2) is 6.83. The number of hydrogen-bond acceptors (Lipinski definition) is 3. The molecule has 2 atom stereocenters. The first-order chi connectivity index (χ1) is 10.3. The van der Waals surface area contributed by atoms with E-state index in [-0.39, 0.29) is 6.10 Å². The Bertz CT molecular complexity index is 544. The van der Waals surface area contributed by atoms with Crippen molar-refractivity contribution in [3.05, 3.63) is 66.0 Å². The summed E-state index contributed by atoms with van der Waals surface area (Å²) in [6.07, 6.45) is 4.65. The van der Waals surface area contributed by atoms with Gasteiger partial charge in [-0.05, 0) is 43.5 Å². The third-order valence-electron chi connectivity index (χ3n) is 4.27. The molecule has 3 rings (SSSR count). The van der Waals surface area contributed by atoms with E-state index in [4.69, 9.17) is 0 Å². The number of nitrogens with zero attached hydrogens (tertiary/aromatic N) is 2. The Kier molecular flexibility index (Phi) is 4.63. The van der Waals surface area contributed by atoms with Crippen LogP contribution in [0.4, 0.5) is 0 Å². The Morgan fingerprint density at radius 1 is 1.14 bits per heavy atom. The summed E-state index contributed by atoms with van der Waals surface area (Å²) in [4.78, 5) is 6.86. The van der Waals surface area contributed by atoms with Crippen molar-refractivity contribution in [1.29, 1.82) is 0 Å². The molecule has 0 bridgehead atoms. The highest BCUT2D eigenvalue weighted by Crippen LogP contribution is 2.28. The second-order valence-electron chi connectivity index (χ2n) is 5.75. The average Bonchev–Trinajstić information content (AvgIpc) is 2.96. The number of aliphatic hydroxyl groups excluding tert-OH is 1. The highest BCUT2D eigenvalue weighted by atomic mass is 16.3. The van der Waals surface area contributed by atoms with Crippen LogP contribution in [0.1, 0.15) is 36.6 Å². The molecule has 1 fully saturated rings. The number of hydrogen-bond donors (Lipinski definition) is 1. The van der Waals surface area contributed by atoms with Crippen LogP contribution in [0.2, 0.25) is 0 Å². The summed E-state index contributed by atoms with van der Waals surface area (Å²) >= 11 is 0. The molecule has 0 amide bonds. The molecule has 1 N–H and O–H groups in total. The lowest BCUT2D eigenvalue weighted by atomic mass is 10.0. The highest BCUT2D eigenvalue weighted by molar-refractivity contribution is 5.17. The molecule has 0 spiro atoms. The monoisotopic (exact) mass is 282 g/mol. The molecule has 0 aliphatic carbocycles. The maximum Gasteiger partial charge on any atom is 0.0805 e. The maximum atomic E-state index is 10.4. The first-order valence-electron chi connectivity index (χ1n) is 7.70. The first kappa shape index (κ1) is 14.2. The van der Waals surface area contributed by atoms with E-state index in [2.05, 4.69) is 16.0 Å². The number of rotatable bonds is 5. The van der Waals surface area contributed by atoms with Gasteiger partial charge >= 0.3 is 0 Å². The quantitative estimate of drug-likeness (QED) is 0.915. The van der Waals surface area contributed by atoms with Crippen molar-refractivity contribution < 1.29 is 5.11 Å². The van der Waals surface area contributed by atoms with E-state index in [1.54, 1.807) is 0 Å². The van der Waals surface area contributed by atoms with Crippen LogP contribution < -0.4 is 0 Å². The second-order valence-corrected chi connectivity index (χ2v) is 5.75. The van der Waals surface area contributed by atoms with Gasteiger partial charge in [-0.15, -0.1) is 0 Å². The van der Waals surface area contributed by atoms with Crippen LogP contribution in [-0.4, -0.2) is 27.6 Å². The molecule has 2 heterocycles. The van der Waals surface area contributed by atoms with E-state index in [1.165, 1.54) is 6.42 Å². The smallest absolute Gasteiger partial charge is 0.0805 e. The van der Waals surface area contributed by atoms with Crippen LogP contribution in [-0.2, 0) is 6.54 Å². The number of aromatic nitrogens is 1. The Morgan fingerprint density at radius 3 is 2.71 bits per heavy atom. The summed E-state index contributed by atoms with van der Waals surface area (Å²) in [7, 11) is 0. The summed E-state index contributed by atoms with van der Waals surface area (Å²) in [6, 6.07) is 16.5. The fraction of sp³-hybridized carbons (Fsp3) is 0.389. The van der Waals surface area contributed by atoms with Gasteiger partial charge in [0.15, 0.2) is 0 Å². The van der Waals surface area contributed by atoms with Crippen molar-refractivity contribution in [2.45, 2.75) is 38.0 Å². The number of likely N-dealkylation sites (tertiary alicyclic amines) is 1. The summed E-state index contributed by atoms with van der Waals surface area (Å²) in [5.41, 5.74) is 2.13. The molecule has 110 valence electrons. The Labute approximate surface area is 126 Å². The SMILES string of the molecule is OC(CC1CCCN1Cc1ccccn1)c1ccccc1. The van der Waals surface area contributed by atoms with Crippen molar-refractivity contribution in [1.82, 2.24) is 9.88 Å². The normalized spacial score (nSPS) is 20.5. The van der Waals surface area contributed by atoms with Gasteiger partial charge in [0.25, 0.3) is 0 Å². The molecule has 21 heavy (non-hydrogen) atoms. The molecule has 0 radical (unpaired) electrons. The lowest BCUT2D eigenvalue weighted by molar-refractivity contribution is 0.117. The molecule has 2 unspecified atom stereocenters. The summed E-state index contributed by atoms with van der Waals surface area (Å²) < 4.78 is 0. The molecular formula is C18H22N2O. The van der Waals surface area contributed by atoms with Crippen molar-refractivity contribution in [2.75, 3.05) is 6.54 Å². The number of aliphatic hydroxyl groups is 1. The molecule has 1 aromatic carbocycles. The van der Waals surface area contributed by atoms with Gasteiger partial charge in [-0.2, -0.15) is 0 Å². The molecule has 1 aromatic heterocycles. The third-order valence-corrected chi connectivity index (χ3v) is 4.27. The highest BCUT2D eigenvalue weighted by Gasteiger charge is 2.27. The fourth-order valence-corrected chi connectivity index (χ4v) is 3.14. The molecule has 1 aliphatic heterocycles. The van der Waals surface area contributed by atoms with E-state index in [1.807, 2.05) is 48.7 Å². The Morgan fingerprint density at radius 2 is 1.95 bits per heavy atom. The van der Waals surface area contributed by atoms with Crippen molar-refractivity contribution >= 4 is 0 Å². The van der Waals surface area contributed by atoms with Crippen molar-refractivity contribution in [3.63, 3.8) is 0 Å². The zero-order valence-electron chi connectivity index (χ0n) is 12.2. The van der Waals surface area contributed by atoms with Gasteiger partial charge in [0, 0.05) is 18.8 Å². The number of pyridine rings is 1. The van der Waals surface area contributed by atoms with E-state index >= 15 is 0 Å². The van der Waals surface area contributed by atoms with Gasteiger partial charge in [0.2, 0.25) is 0 Å². The minimum absolute atomic E-state index is 0.375. The average molecular weight is 282 g/mol. The van der Waals surface area contributed by atoms with Crippen LogP contribution in [0.25, 0.3) is 0 Å². The van der Waals surface area contributed by atoms with Gasteiger partial charge in [0.1, 0.15) is 0 Å². The predicted molar refractivity (Wildman–Crippen MR) is 83.7 cm³/mol. The minimum Gasteiger partial charge on any atom is -0.388 e. The van der Waals surface area contributed by atoms with E-state index in [0.29, 0.717) is 6.04 Å². The largest absolute Gasteiger partial charge is 0.388 e. The van der Waals surface area contributed by atoms with Gasteiger partial charge in [-0.25, -0.2) is 0 Å². The van der Waals surface area contributed by atoms with Crippen LogP contribution in [0.5, 0.6) is 0 Å². The first-order valence-corrected chi connectivity index (χ1v) is 7.70. The standard InChI is InChI=1S/C18H22N2O/c21-18(15-7-2-1-3-8-15)13-17-10-6-12-20(17)14-16-9-4-5-11-19-16/h1-5,7-9,11,17-18,21H,6,10,12-14H2. The molecule has 2 aromatic rings. The van der Waals surface area contributed by atoms with Gasteiger partial charge in [0.05, 0.1) is 11.8 Å². The van der Waals surface area contributed by atoms with Gasteiger partial charge in [-0.3, -0.25) is 9.88 Å². The Hall–Kier alpha value is -1.71. The van der Waals surface area contributed by atoms with Crippen LogP contribution >= 0.6 is 0 Å². The van der Waals surface area contributed by atoms with Crippen molar-refractivity contribution in [2.24, 2.45) is 0 Å². The Balaban J connectivity index is 1.62. The summed E-state index contributed by atoms with van der Waals surface area (Å²) in [5, 5.41) is 10.4. The molecule has 3 heteroatoms. The fourth-order valence-electron chi connectivity index (χ4n) is 3.14. The molecule has 1 aliphatic rings. The van der Waals surface area contributed by atoms with Gasteiger partial charge < -0.3 is 5.11 Å².